The van der Waals surface area contributed by atoms with Crippen LogP contribution in [0.15, 0.2) is 54.7 Å². The van der Waals surface area contributed by atoms with E-state index in [1.165, 1.54) is 10.9 Å². The number of para-hydroxylation sites is 1. The lowest BCUT2D eigenvalue weighted by Gasteiger charge is -2.26. The number of H-pyrrole nitrogens is 1. The first-order valence-corrected chi connectivity index (χ1v) is 8.00. The number of aromatic amines is 1. The van der Waals surface area contributed by atoms with Crippen molar-refractivity contribution in [3.8, 4) is 5.75 Å². The number of rotatable bonds is 5. The molecule has 124 valence electrons. The van der Waals surface area contributed by atoms with Crippen LogP contribution in [0.2, 0.25) is 0 Å². The van der Waals surface area contributed by atoms with Gasteiger partial charge < -0.3 is 15.0 Å². The quantitative estimate of drug-likeness (QED) is 0.748. The van der Waals surface area contributed by atoms with Gasteiger partial charge in [-0.1, -0.05) is 18.2 Å². The predicted octanol–water partition coefficient (Wildman–Crippen LogP) is 3.93. The molecule has 3 rings (SSSR count). The van der Waals surface area contributed by atoms with Gasteiger partial charge in [-0.2, -0.15) is 0 Å². The lowest BCUT2D eigenvalue weighted by molar-refractivity contribution is 0.0913. The van der Waals surface area contributed by atoms with Crippen LogP contribution in [0.1, 0.15) is 29.8 Å². The molecule has 3 aromatic rings. The molecule has 0 aliphatic heterocycles. The zero-order chi connectivity index (χ0) is 17.2. The van der Waals surface area contributed by atoms with Gasteiger partial charge in [-0.15, -0.1) is 0 Å². The summed E-state index contributed by atoms with van der Waals surface area (Å²) in [6.07, 6.45) is 2.77. The molecule has 24 heavy (non-hydrogen) atoms. The van der Waals surface area contributed by atoms with Crippen molar-refractivity contribution in [2.75, 3.05) is 7.11 Å². The first-order chi connectivity index (χ1) is 11.5. The Balaban J connectivity index is 1.74. The summed E-state index contributed by atoms with van der Waals surface area (Å²) in [5.74, 6) is 0.659. The molecule has 0 saturated heterocycles. The van der Waals surface area contributed by atoms with Crippen LogP contribution in [0.4, 0.5) is 0 Å². The highest BCUT2D eigenvalue weighted by Crippen LogP contribution is 2.22. The Morgan fingerprint density at radius 3 is 2.54 bits per heavy atom. The molecule has 4 heteroatoms. The molecular formula is C20H22N2O2. The fraction of sp³-hybridized carbons (Fsp3) is 0.250. The van der Waals surface area contributed by atoms with Crippen molar-refractivity contribution in [3.63, 3.8) is 0 Å². The van der Waals surface area contributed by atoms with E-state index in [1.54, 1.807) is 31.4 Å². The Bertz CT molecular complexity index is 847. The molecule has 0 unspecified atom stereocenters. The van der Waals surface area contributed by atoms with Crippen LogP contribution in [-0.4, -0.2) is 23.5 Å². The summed E-state index contributed by atoms with van der Waals surface area (Å²) >= 11 is 0. The molecule has 0 aliphatic carbocycles. The van der Waals surface area contributed by atoms with Crippen LogP contribution in [-0.2, 0) is 6.42 Å². The number of methoxy groups -OCH3 is 1. The minimum atomic E-state index is -0.359. The van der Waals surface area contributed by atoms with E-state index < -0.39 is 0 Å². The molecule has 1 aromatic heterocycles. The van der Waals surface area contributed by atoms with Crippen LogP contribution in [0.25, 0.3) is 10.9 Å². The Morgan fingerprint density at radius 2 is 1.83 bits per heavy atom. The van der Waals surface area contributed by atoms with Crippen LogP contribution in [0, 0.1) is 0 Å². The van der Waals surface area contributed by atoms with E-state index in [1.807, 2.05) is 32.2 Å². The van der Waals surface area contributed by atoms with Crippen LogP contribution < -0.4 is 10.1 Å². The average molecular weight is 322 g/mol. The van der Waals surface area contributed by atoms with Gasteiger partial charge in [-0.25, -0.2) is 0 Å². The van der Waals surface area contributed by atoms with E-state index in [4.69, 9.17) is 4.74 Å². The van der Waals surface area contributed by atoms with Crippen molar-refractivity contribution < 1.29 is 9.53 Å². The van der Waals surface area contributed by atoms with E-state index in [0.717, 1.165) is 17.7 Å². The lowest BCUT2D eigenvalue weighted by atomic mass is 9.94. The summed E-state index contributed by atoms with van der Waals surface area (Å²) in [5, 5.41) is 4.32. The number of nitrogens with one attached hydrogen (secondary N) is 2. The minimum Gasteiger partial charge on any atom is -0.497 e. The second-order valence-electron chi connectivity index (χ2n) is 6.60. The van der Waals surface area contributed by atoms with Gasteiger partial charge in [0.2, 0.25) is 0 Å². The number of aromatic nitrogens is 1. The van der Waals surface area contributed by atoms with Crippen molar-refractivity contribution in [1.82, 2.24) is 10.3 Å². The van der Waals surface area contributed by atoms with Crippen molar-refractivity contribution in [2.45, 2.75) is 25.8 Å². The number of fused-ring (bicyclic) bond motifs is 1. The molecule has 1 amide bonds. The van der Waals surface area contributed by atoms with Crippen molar-refractivity contribution in [1.29, 1.82) is 0 Å². The maximum Gasteiger partial charge on any atom is 0.251 e. The third kappa shape index (κ3) is 3.43. The highest BCUT2D eigenvalue weighted by Gasteiger charge is 2.23. The topological polar surface area (TPSA) is 54.1 Å². The Morgan fingerprint density at radius 1 is 1.12 bits per heavy atom. The molecule has 0 saturated carbocycles. The van der Waals surface area contributed by atoms with Gasteiger partial charge >= 0.3 is 0 Å². The summed E-state index contributed by atoms with van der Waals surface area (Å²) in [6.45, 7) is 4.08. The largest absolute Gasteiger partial charge is 0.497 e. The first kappa shape index (κ1) is 16.1. The maximum absolute atomic E-state index is 12.5. The molecule has 4 nitrogen and oxygen atoms in total. The molecule has 2 N–H and O–H groups in total. The molecule has 0 fully saturated rings. The zero-order valence-electron chi connectivity index (χ0n) is 14.2. The van der Waals surface area contributed by atoms with Gasteiger partial charge in [0.05, 0.1) is 7.11 Å². The number of carbonyl (C=O) groups excluding carboxylic acids is 1. The molecule has 2 aromatic carbocycles. The van der Waals surface area contributed by atoms with Crippen molar-refractivity contribution >= 4 is 16.8 Å². The summed E-state index contributed by atoms with van der Waals surface area (Å²) in [5.41, 5.74) is 2.58. The van der Waals surface area contributed by atoms with Crippen molar-refractivity contribution in [3.05, 3.63) is 65.9 Å². The smallest absolute Gasteiger partial charge is 0.251 e. The van der Waals surface area contributed by atoms with Gasteiger partial charge in [0.25, 0.3) is 5.91 Å². The first-order valence-electron chi connectivity index (χ1n) is 8.00. The molecule has 0 spiro atoms. The van der Waals surface area contributed by atoms with Gasteiger partial charge in [0.15, 0.2) is 0 Å². The van der Waals surface area contributed by atoms with E-state index in [9.17, 15) is 4.79 Å². The van der Waals surface area contributed by atoms with E-state index >= 15 is 0 Å². The van der Waals surface area contributed by atoms with Gasteiger partial charge in [-0.05, 0) is 56.2 Å². The van der Waals surface area contributed by atoms with Gasteiger partial charge in [0, 0.05) is 28.2 Å². The fourth-order valence-corrected chi connectivity index (χ4v) is 2.92. The second kappa shape index (κ2) is 6.40. The number of hydrogen-bond donors (Lipinski definition) is 2. The van der Waals surface area contributed by atoms with Crippen LogP contribution in [0.3, 0.4) is 0 Å². The Hall–Kier alpha value is -2.75. The van der Waals surface area contributed by atoms with Crippen LogP contribution >= 0.6 is 0 Å². The van der Waals surface area contributed by atoms with Gasteiger partial charge in [0.1, 0.15) is 5.75 Å². The molecular weight excluding hydrogens is 300 g/mol. The van der Waals surface area contributed by atoms with E-state index in [2.05, 4.69) is 22.4 Å². The number of amides is 1. The van der Waals surface area contributed by atoms with Crippen LogP contribution in [0.5, 0.6) is 5.75 Å². The zero-order valence-corrected chi connectivity index (χ0v) is 14.2. The third-order valence-corrected chi connectivity index (χ3v) is 4.11. The average Bonchev–Trinajstić information content (AvgIpc) is 2.97. The second-order valence-corrected chi connectivity index (χ2v) is 6.60. The van der Waals surface area contributed by atoms with Gasteiger partial charge in [-0.3, -0.25) is 4.79 Å². The standard InChI is InChI=1S/C20H22N2O2/c1-20(2,12-15-13-21-18-7-5-4-6-17(15)18)22-19(23)14-8-10-16(24-3)11-9-14/h4-11,13,21H,12H2,1-3H3,(H,22,23). The normalized spacial score (nSPS) is 11.5. The van der Waals surface area contributed by atoms with Crippen molar-refractivity contribution in [2.24, 2.45) is 0 Å². The number of benzene rings is 2. The molecule has 1 heterocycles. The molecule has 0 aliphatic rings. The third-order valence-electron chi connectivity index (χ3n) is 4.11. The van der Waals surface area contributed by atoms with E-state index in [0.29, 0.717) is 5.56 Å². The molecule has 0 atom stereocenters. The minimum absolute atomic E-state index is 0.0810. The maximum atomic E-state index is 12.5. The highest BCUT2D eigenvalue weighted by atomic mass is 16.5. The predicted molar refractivity (Wildman–Crippen MR) is 96.5 cm³/mol. The number of carbonyl (C=O) groups is 1. The summed E-state index contributed by atoms with van der Waals surface area (Å²) in [7, 11) is 1.61. The van der Waals surface area contributed by atoms with E-state index in [-0.39, 0.29) is 11.4 Å². The monoisotopic (exact) mass is 322 g/mol. The number of hydrogen-bond acceptors (Lipinski definition) is 2. The Kier molecular flexibility index (Phi) is 4.30. The Labute approximate surface area is 141 Å². The summed E-state index contributed by atoms with van der Waals surface area (Å²) < 4.78 is 5.13. The fourth-order valence-electron chi connectivity index (χ4n) is 2.92. The summed E-state index contributed by atoms with van der Waals surface area (Å²) in [6, 6.07) is 15.3. The molecule has 0 radical (unpaired) electrons. The molecule has 0 bridgehead atoms. The summed E-state index contributed by atoms with van der Waals surface area (Å²) in [4.78, 5) is 15.8. The SMILES string of the molecule is COc1ccc(C(=O)NC(C)(C)Cc2c[nH]c3ccccc23)cc1. The highest BCUT2D eigenvalue weighted by molar-refractivity contribution is 5.94. The lowest BCUT2D eigenvalue weighted by Crippen LogP contribution is -2.45. The number of ether oxygens (including phenoxy) is 1.